The minimum absolute atomic E-state index is 0.841. The molecule has 0 radical (unpaired) electrons. The van der Waals surface area contributed by atoms with Gasteiger partial charge in [0.05, 0.1) is 4.67 Å². The van der Waals surface area contributed by atoms with Crippen LogP contribution in [0.4, 0.5) is 0 Å². The first-order valence-corrected chi connectivity index (χ1v) is 8.41. The van der Waals surface area contributed by atoms with Gasteiger partial charge in [0.25, 0.3) is 0 Å². The van der Waals surface area contributed by atoms with Gasteiger partial charge in [-0.15, -0.1) is 11.8 Å². The van der Waals surface area contributed by atoms with Gasteiger partial charge >= 0.3 is 0 Å². The summed E-state index contributed by atoms with van der Waals surface area (Å²) in [5.74, 6) is 1.16. The van der Waals surface area contributed by atoms with E-state index in [1.807, 2.05) is 11.8 Å². The summed E-state index contributed by atoms with van der Waals surface area (Å²) in [7, 11) is -1.60. The molecule has 0 N–H and O–H groups in total. The summed E-state index contributed by atoms with van der Waals surface area (Å²) < 4.78 is 7.36. The van der Waals surface area contributed by atoms with Crippen molar-refractivity contribution in [1.82, 2.24) is 0 Å². The fourth-order valence-corrected chi connectivity index (χ4v) is 7.25. The minimum Gasteiger partial charge on any atom is -0.411 e. The molecule has 1 aliphatic heterocycles. The Labute approximate surface area is 86.3 Å². The first-order chi connectivity index (χ1) is 6.29. The van der Waals surface area contributed by atoms with Crippen LogP contribution in [0.3, 0.4) is 0 Å². The molecule has 0 aliphatic carbocycles. The van der Waals surface area contributed by atoms with Crippen molar-refractivity contribution in [3.05, 3.63) is 0 Å². The van der Waals surface area contributed by atoms with Crippen LogP contribution in [0.15, 0.2) is 4.99 Å². The van der Waals surface area contributed by atoms with Crippen LogP contribution in [-0.4, -0.2) is 31.9 Å². The van der Waals surface area contributed by atoms with E-state index < -0.39 is 8.32 Å². The molecular weight excluding hydrogens is 198 g/mol. The molecule has 1 rings (SSSR count). The lowest BCUT2D eigenvalue weighted by atomic mass is 10.8. The second-order valence-corrected chi connectivity index (χ2v) is 8.78. The van der Waals surface area contributed by atoms with Gasteiger partial charge in [0.15, 0.2) is 0 Å². The molecular formula is C9H19NOSSi. The van der Waals surface area contributed by atoms with E-state index in [2.05, 4.69) is 25.8 Å². The van der Waals surface area contributed by atoms with Crippen molar-refractivity contribution in [2.45, 2.75) is 32.9 Å². The first kappa shape index (κ1) is 11.3. The summed E-state index contributed by atoms with van der Waals surface area (Å²) in [5, 5.41) is 0. The van der Waals surface area contributed by atoms with E-state index in [1.54, 1.807) is 0 Å². The Morgan fingerprint density at radius 1 is 1.38 bits per heavy atom. The standard InChI is InChI=1S/C9H19NOSSi/c1-4-11-13(5-2,6-3)9-10-7-8-12-9/h4-8H2,1-3H3. The van der Waals surface area contributed by atoms with Crippen molar-refractivity contribution in [3.63, 3.8) is 0 Å². The largest absolute Gasteiger partial charge is 0.411 e. The summed E-state index contributed by atoms with van der Waals surface area (Å²) >= 11 is 1.93. The van der Waals surface area contributed by atoms with Crippen LogP contribution in [0.1, 0.15) is 20.8 Å². The van der Waals surface area contributed by atoms with Crippen molar-refractivity contribution in [2.24, 2.45) is 4.99 Å². The van der Waals surface area contributed by atoms with Crippen LogP contribution >= 0.6 is 11.8 Å². The third-order valence-electron chi connectivity index (χ3n) is 2.54. The lowest BCUT2D eigenvalue weighted by molar-refractivity contribution is 0.333. The maximum atomic E-state index is 6.00. The predicted molar refractivity (Wildman–Crippen MR) is 63.1 cm³/mol. The predicted octanol–water partition coefficient (Wildman–Crippen LogP) is 2.69. The van der Waals surface area contributed by atoms with Gasteiger partial charge < -0.3 is 4.43 Å². The monoisotopic (exact) mass is 217 g/mol. The van der Waals surface area contributed by atoms with Gasteiger partial charge in [-0.25, -0.2) is 0 Å². The normalized spacial score (nSPS) is 17.6. The number of hydrogen-bond acceptors (Lipinski definition) is 3. The van der Waals surface area contributed by atoms with Gasteiger partial charge in [-0.1, -0.05) is 13.8 Å². The Kier molecular flexibility index (Phi) is 4.48. The van der Waals surface area contributed by atoms with Gasteiger partial charge in [-0.05, 0) is 19.0 Å². The second-order valence-electron chi connectivity index (χ2n) is 3.17. The van der Waals surface area contributed by atoms with Crippen molar-refractivity contribution in [1.29, 1.82) is 0 Å². The highest BCUT2D eigenvalue weighted by Crippen LogP contribution is 2.28. The van der Waals surface area contributed by atoms with E-state index in [1.165, 1.54) is 16.8 Å². The van der Waals surface area contributed by atoms with Crippen molar-refractivity contribution >= 4 is 24.7 Å². The van der Waals surface area contributed by atoms with E-state index in [4.69, 9.17) is 4.43 Å². The lowest BCUT2D eigenvalue weighted by Gasteiger charge is -2.28. The van der Waals surface area contributed by atoms with Gasteiger partial charge in [0, 0.05) is 18.9 Å². The van der Waals surface area contributed by atoms with Crippen LogP contribution in [0.25, 0.3) is 0 Å². The average molecular weight is 217 g/mol. The maximum absolute atomic E-state index is 6.00. The Morgan fingerprint density at radius 3 is 2.46 bits per heavy atom. The molecule has 4 heteroatoms. The molecule has 2 nitrogen and oxygen atoms in total. The topological polar surface area (TPSA) is 21.6 Å². The van der Waals surface area contributed by atoms with Gasteiger partial charge in [0.1, 0.15) is 0 Å². The molecule has 0 aromatic carbocycles. The van der Waals surface area contributed by atoms with E-state index >= 15 is 0 Å². The summed E-state index contributed by atoms with van der Waals surface area (Å²) in [6, 6.07) is 2.34. The molecule has 0 amide bonds. The van der Waals surface area contributed by atoms with Crippen LogP contribution < -0.4 is 0 Å². The molecule has 0 fully saturated rings. The molecule has 13 heavy (non-hydrogen) atoms. The third kappa shape index (κ3) is 2.36. The molecule has 1 heterocycles. The first-order valence-electron chi connectivity index (χ1n) is 5.10. The fraction of sp³-hybridized carbons (Fsp3) is 0.889. The Balaban J connectivity index is 2.74. The third-order valence-corrected chi connectivity index (χ3v) is 8.94. The number of rotatable bonds is 5. The number of aliphatic imine (C=N–C) groups is 1. The van der Waals surface area contributed by atoms with E-state index in [0.29, 0.717) is 0 Å². The lowest BCUT2D eigenvalue weighted by Crippen LogP contribution is -2.44. The average Bonchev–Trinajstić information content (AvgIpc) is 2.68. The second kappa shape index (κ2) is 5.17. The zero-order chi connectivity index (χ0) is 9.73. The minimum atomic E-state index is -1.60. The Bertz CT molecular complexity index is 192. The SMILES string of the molecule is CCO[Si](CC)(CC)C1=NCCS1. The maximum Gasteiger partial charge on any atom is 0.249 e. The van der Waals surface area contributed by atoms with E-state index in [0.717, 1.165) is 18.9 Å². The van der Waals surface area contributed by atoms with Gasteiger partial charge in [-0.3, -0.25) is 4.99 Å². The zero-order valence-electron chi connectivity index (χ0n) is 8.80. The molecule has 0 spiro atoms. The highest BCUT2D eigenvalue weighted by atomic mass is 32.2. The number of hydrogen-bond donors (Lipinski definition) is 0. The Morgan fingerprint density at radius 2 is 2.08 bits per heavy atom. The summed E-state index contributed by atoms with van der Waals surface area (Å²) in [4.78, 5) is 4.58. The van der Waals surface area contributed by atoms with Crippen molar-refractivity contribution in [3.8, 4) is 0 Å². The molecule has 0 bridgehead atoms. The van der Waals surface area contributed by atoms with Crippen LogP contribution in [0.2, 0.25) is 12.1 Å². The highest BCUT2D eigenvalue weighted by Gasteiger charge is 2.38. The van der Waals surface area contributed by atoms with E-state index in [9.17, 15) is 0 Å². The summed E-state index contributed by atoms with van der Waals surface area (Å²) in [6.07, 6.45) is 0. The summed E-state index contributed by atoms with van der Waals surface area (Å²) in [6.45, 7) is 8.42. The smallest absolute Gasteiger partial charge is 0.249 e. The van der Waals surface area contributed by atoms with Crippen molar-refractivity contribution in [2.75, 3.05) is 18.9 Å². The van der Waals surface area contributed by atoms with Gasteiger partial charge in [0.2, 0.25) is 8.32 Å². The molecule has 0 atom stereocenters. The molecule has 0 saturated heterocycles. The molecule has 0 aromatic heterocycles. The van der Waals surface area contributed by atoms with Crippen molar-refractivity contribution < 1.29 is 4.43 Å². The Hall–Kier alpha value is 0.197. The van der Waals surface area contributed by atoms with Crippen LogP contribution in [0, 0.1) is 0 Å². The quantitative estimate of drug-likeness (QED) is 0.660. The van der Waals surface area contributed by atoms with E-state index in [-0.39, 0.29) is 0 Å². The summed E-state index contributed by atoms with van der Waals surface area (Å²) in [5.41, 5.74) is 0. The zero-order valence-corrected chi connectivity index (χ0v) is 10.6. The molecule has 0 unspecified atom stereocenters. The van der Waals surface area contributed by atoms with Crippen LogP contribution in [0.5, 0.6) is 0 Å². The molecule has 0 aromatic rings. The highest BCUT2D eigenvalue weighted by molar-refractivity contribution is 8.18. The molecule has 1 aliphatic rings. The number of thioether (sulfide) groups is 1. The van der Waals surface area contributed by atoms with Gasteiger partial charge in [-0.2, -0.15) is 0 Å². The number of nitrogens with zero attached hydrogens (tertiary/aromatic N) is 1. The molecule has 0 saturated carbocycles. The molecule has 76 valence electrons. The van der Waals surface area contributed by atoms with Crippen LogP contribution in [-0.2, 0) is 4.43 Å². The fourth-order valence-electron chi connectivity index (χ4n) is 1.71.